The van der Waals surface area contributed by atoms with Gasteiger partial charge in [0.25, 0.3) is 0 Å². The van der Waals surface area contributed by atoms with E-state index in [4.69, 9.17) is 10.7 Å². The van der Waals surface area contributed by atoms with E-state index >= 15 is 0 Å². The minimum absolute atomic E-state index is 0.00529. The van der Waals surface area contributed by atoms with E-state index in [2.05, 4.69) is 11.8 Å². The number of para-hydroxylation sites is 1. The summed E-state index contributed by atoms with van der Waals surface area (Å²) in [6.45, 7) is 5.79. The minimum atomic E-state index is 0.00529. The van der Waals surface area contributed by atoms with Crippen LogP contribution in [-0.4, -0.2) is 52.9 Å². The smallest absolute Gasteiger partial charge is 0.239 e. The Morgan fingerprint density at radius 3 is 2.56 bits per heavy atom. The second-order valence-corrected chi connectivity index (χ2v) is 8.03. The number of amides is 1. The summed E-state index contributed by atoms with van der Waals surface area (Å²) < 4.78 is 0. The number of likely N-dealkylation sites (tertiary alicyclic amines) is 2. The van der Waals surface area contributed by atoms with Crippen LogP contribution in [0.15, 0.2) is 30.3 Å². The van der Waals surface area contributed by atoms with Crippen LogP contribution in [0.4, 0.5) is 5.69 Å². The van der Waals surface area contributed by atoms with Gasteiger partial charge in [-0.2, -0.15) is 0 Å². The molecule has 144 valence electrons. The first-order chi connectivity index (χ1) is 13.1. The number of piperidine rings is 2. The van der Waals surface area contributed by atoms with Crippen molar-refractivity contribution in [1.29, 1.82) is 0 Å². The Morgan fingerprint density at radius 2 is 1.81 bits per heavy atom. The number of carbonyl (C=O) groups is 1. The second kappa shape index (κ2) is 7.85. The monoisotopic (exact) mass is 366 g/mol. The van der Waals surface area contributed by atoms with Crippen LogP contribution in [0.2, 0.25) is 0 Å². The van der Waals surface area contributed by atoms with Crippen molar-refractivity contribution in [2.24, 2.45) is 0 Å². The lowest BCUT2D eigenvalue weighted by Crippen LogP contribution is -2.50. The van der Waals surface area contributed by atoms with Crippen LogP contribution < -0.4 is 5.73 Å². The van der Waals surface area contributed by atoms with Crippen LogP contribution in [0, 0.1) is 0 Å². The number of nitrogens with zero attached hydrogens (tertiary/aromatic N) is 3. The lowest BCUT2D eigenvalue weighted by molar-refractivity contribution is -0.137. The molecule has 1 aromatic carbocycles. The molecule has 2 aromatic rings. The fourth-order valence-corrected chi connectivity index (χ4v) is 4.57. The number of benzene rings is 1. The number of rotatable bonds is 3. The number of aromatic nitrogens is 1. The lowest BCUT2D eigenvalue weighted by atomic mass is 9.91. The van der Waals surface area contributed by atoms with E-state index in [1.165, 1.54) is 19.3 Å². The summed E-state index contributed by atoms with van der Waals surface area (Å²) >= 11 is 0. The molecule has 0 spiro atoms. The third-order valence-electron chi connectivity index (χ3n) is 6.27. The standard InChI is InChI=1S/C22H30N4O/c1-16(25-11-5-2-6-12-25)22(27)26-13-9-17(10-14-26)21-19(23)15-18-7-3-4-8-20(18)24-21/h3-4,7-8,15-17H,2,5-6,9-14,23H2,1H3. The van der Waals surface area contributed by atoms with Crippen LogP contribution in [0.1, 0.15) is 50.6 Å². The molecule has 4 rings (SSSR count). The summed E-state index contributed by atoms with van der Waals surface area (Å²) in [7, 11) is 0. The van der Waals surface area contributed by atoms with Gasteiger partial charge >= 0.3 is 0 Å². The molecule has 0 saturated carbocycles. The number of hydrogen-bond acceptors (Lipinski definition) is 4. The topological polar surface area (TPSA) is 62.5 Å². The average Bonchev–Trinajstić information content (AvgIpc) is 2.73. The van der Waals surface area contributed by atoms with Crippen molar-refractivity contribution >= 4 is 22.5 Å². The van der Waals surface area contributed by atoms with E-state index in [0.717, 1.165) is 61.3 Å². The summed E-state index contributed by atoms with van der Waals surface area (Å²) in [4.78, 5) is 22.2. The Bertz CT molecular complexity index is 807. The number of hydrogen-bond donors (Lipinski definition) is 1. The molecule has 2 N–H and O–H groups in total. The summed E-state index contributed by atoms with van der Waals surface area (Å²) in [5, 5.41) is 1.08. The van der Waals surface area contributed by atoms with Crippen LogP contribution in [0.3, 0.4) is 0 Å². The van der Waals surface area contributed by atoms with E-state index in [1.54, 1.807) is 0 Å². The lowest BCUT2D eigenvalue weighted by Gasteiger charge is -2.38. The molecule has 2 aliphatic heterocycles. The number of anilines is 1. The quantitative estimate of drug-likeness (QED) is 0.904. The fraction of sp³-hybridized carbons (Fsp3) is 0.545. The van der Waals surface area contributed by atoms with Crippen molar-refractivity contribution < 1.29 is 4.79 Å². The van der Waals surface area contributed by atoms with Gasteiger partial charge in [-0.1, -0.05) is 24.6 Å². The Kier molecular flexibility index (Phi) is 5.30. The normalized spacial score (nSPS) is 20.7. The van der Waals surface area contributed by atoms with Gasteiger partial charge in [0.2, 0.25) is 5.91 Å². The van der Waals surface area contributed by atoms with Crippen molar-refractivity contribution in [1.82, 2.24) is 14.8 Å². The predicted molar refractivity (Wildman–Crippen MR) is 110 cm³/mol. The third kappa shape index (κ3) is 3.79. The average molecular weight is 367 g/mol. The van der Waals surface area contributed by atoms with Crippen molar-refractivity contribution in [3.63, 3.8) is 0 Å². The predicted octanol–water partition coefficient (Wildman–Crippen LogP) is 3.40. The summed E-state index contributed by atoms with van der Waals surface area (Å²) in [6, 6.07) is 10.2. The van der Waals surface area contributed by atoms with Crippen LogP contribution in [-0.2, 0) is 4.79 Å². The molecule has 2 fully saturated rings. The molecule has 5 heteroatoms. The molecule has 27 heavy (non-hydrogen) atoms. The molecule has 1 aromatic heterocycles. The van der Waals surface area contributed by atoms with Gasteiger partial charge < -0.3 is 10.6 Å². The van der Waals surface area contributed by atoms with Crippen molar-refractivity contribution in [3.8, 4) is 0 Å². The third-order valence-corrected chi connectivity index (χ3v) is 6.27. The molecule has 3 heterocycles. The Balaban J connectivity index is 1.41. The highest BCUT2D eigenvalue weighted by molar-refractivity contribution is 5.83. The molecular formula is C22H30N4O. The van der Waals surface area contributed by atoms with Gasteiger partial charge in [0.05, 0.1) is 22.9 Å². The first kappa shape index (κ1) is 18.2. The Morgan fingerprint density at radius 1 is 1.11 bits per heavy atom. The zero-order valence-electron chi connectivity index (χ0n) is 16.2. The molecule has 0 bridgehead atoms. The molecule has 2 saturated heterocycles. The van der Waals surface area contributed by atoms with Crippen molar-refractivity contribution in [2.45, 2.75) is 51.0 Å². The van der Waals surface area contributed by atoms with E-state index in [-0.39, 0.29) is 11.9 Å². The van der Waals surface area contributed by atoms with Gasteiger partial charge in [0, 0.05) is 24.4 Å². The number of fused-ring (bicyclic) bond motifs is 1. The Hall–Kier alpha value is -2.14. The first-order valence-electron chi connectivity index (χ1n) is 10.3. The zero-order valence-corrected chi connectivity index (χ0v) is 16.2. The molecule has 5 nitrogen and oxygen atoms in total. The summed E-state index contributed by atoms with van der Waals surface area (Å²) in [6.07, 6.45) is 5.60. The molecule has 2 aliphatic rings. The van der Waals surface area contributed by atoms with E-state index < -0.39 is 0 Å². The maximum atomic E-state index is 12.9. The van der Waals surface area contributed by atoms with E-state index in [0.29, 0.717) is 5.92 Å². The van der Waals surface area contributed by atoms with Crippen LogP contribution in [0.5, 0.6) is 0 Å². The van der Waals surface area contributed by atoms with Gasteiger partial charge in [-0.3, -0.25) is 14.7 Å². The number of nitrogens with two attached hydrogens (primary N) is 1. The van der Waals surface area contributed by atoms with E-state index in [1.807, 2.05) is 35.2 Å². The van der Waals surface area contributed by atoms with Gasteiger partial charge in [0.1, 0.15) is 0 Å². The molecule has 0 radical (unpaired) electrons. The summed E-state index contributed by atoms with van der Waals surface area (Å²) in [5.41, 5.74) is 9.09. The molecule has 1 unspecified atom stereocenters. The Labute approximate surface area is 161 Å². The highest BCUT2D eigenvalue weighted by Gasteiger charge is 2.31. The van der Waals surface area contributed by atoms with Crippen molar-refractivity contribution in [3.05, 3.63) is 36.0 Å². The number of nitrogen functional groups attached to an aromatic ring is 1. The van der Waals surface area contributed by atoms with Crippen molar-refractivity contribution in [2.75, 3.05) is 31.9 Å². The zero-order chi connectivity index (χ0) is 18.8. The highest BCUT2D eigenvalue weighted by atomic mass is 16.2. The van der Waals surface area contributed by atoms with Gasteiger partial charge in [-0.25, -0.2) is 0 Å². The van der Waals surface area contributed by atoms with Gasteiger partial charge in [-0.05, 0) is 57.8 Å². The maximum absolute atomic E-state index is 12.9. The molecular weight excluding hydrogens is 336 g/mol. The summed E-state index contributed by atoms with van der Waals surface area (Å²) in [5.74, 6) is 0.624. The molecule has 0 aliphatic carbocycles. The molecule has 1 amide bonds. The first-order valence-corrected chi connectivity index (χ1v) is 10.3. The van der Waals surface area contributed by atoms with Gasteiger partial charge in [-0.15, -0.1) is 0 Å². The maximum Gasteiger partial charge on any atom is 0.239 e. The highest BCUT2D eigenvalue weighted by Crippen LogP contribution is 2.32. The van der Waals surface area contributed by atoms with Gasteiger partial charge in [0.15, 0.2) is 0 Å². The largest absolute Gasteiger partial charge is 0.397 e. The van der Waals surface area contributed by atoms with Crippen LogP contribution >= 0.6 is 0 Å². The second-order valence-electron chi connectivity index (χ2n) is 8.03. The van der Waals surface area contributed by atoms with E-state index in [9.17, 15) is 4.79 Å². The fourth-order valence-electron chi connectivity index (χ4n) is 4.57. The number of carbonyl (C=O) groups excluding carboxylic acids is 1. The molecule has 1 atom stereocenters. The number of pyridine rings is 1. The minimum Gasteiger partial charge on any atom is -0.397 e. The SMILES string of the molecule is CC(C(=O)N1CCC(c2nc3ccccc3cc2N)CC1)N1CCCCC1. The van der Waals surface area contributed by atoms with Crippen LogP contribution in [0.25, 0.3) is 10.9 Å².